The van der Waals surface area contributed by atoms with Crippen LogP contribution in [0.3, 0.4) is 0 Å². The first-order valence-corrected chi connectivity index (χ1v) is 2.26. The molecule has 0 spiro atoms. The standard InChI is InChI=1S/C5H6FO2.Y/c1-5(2)7-3-4(6)8-5;/h1-2H3;/q-1;. The maximum Gasteiger partial charge on any atom is 0.211 e. The van der Waals surface area contributed by atoms with Crippen molar-refractivity contribution >= 4 is 0 Å². The normalized spacial score (nSPS) is 21.0. The fourth-order valence-corrected chi connectivity index (χ4v) is 0.420. The van der Waals surface area contributed by atoms with Crippen molar-refractivity contribution < 1.29 is 46.6 Å². The van der Waals surface area contributed by atoms with Gasteiger partial charge in [0.1, 0.15) is 6.01 Å². The molecule has 0 saturated carbocycles. The fraction of sp³-hybridized carbons (Fsp3) is 0.600. The van der Waals surface area contributed by atoms with Gasteiger partial charge >= 0.3 is 0 Å². The second-order valence-electron chi connectivity index (χ2n) is 1.98. The van der Waals surface area contributed by atoms with Crippen LogP contribution >= 0.6 is 0 Å². The molecule has 0 unspecified atom stereocenters. The van der Waals surface area contributed by atoms with E-state index in [0.29, 0.717) is 0 Å². The van der Waals surface area contributed by atoms with Crippen LogP contribution in [0.25, 0.3) is 0 Å². The van der Waals surface area contributed by atoms with Crippen molar-refractivity contribution in [2.24, 2.45) is 0 Å². The Bertz CT molecular complexity index is 133. The van der Waals surface area contributed by atoms with E-state index in [1.807, 2.05) is 6.26 Å². The Labute approximate surface area is 78.3 Å². The topological polar surface area (TPSA) is 18.5 Å². The molecule has 0 atom stereocenters. The van der Waals surface area contributed by atoms with E-state index >= 15 is 0 Å². The van der Waals surface area contributed by atoms with Crippen LogP contribution in [0.4, 0.5) is 4.39 Å². The van der Waals surface area contributed by atoms with Crippen LogP contribution in [0.2, 0.25) is 0 Å². The summed E-state index contributed by atoms with van der Waals surface area (Å²) in [5.74, 6) is -0.857. The van der Waals surface area contributed by atoms with Crippen LogP contribution in [-0.2, 0) is 42.2 Å². The van der Waals surface area contributed by atoms with Crippen molar-refractivity contribution in [3.05, 3.63) is 12.3 Å². The van der Waals surface area contributed by atoms with Crippen LogP contribution in [-0.4, -0.2) is 5.79 Å². The average molecular weight is 206 g/mol. The molecule has 1 heterocycles. The molecule has 0 saturated heterocycles. The van der Waals surface area contributed by atoms with E-state index in [1.165, 1.54) is 0 Å². The first-order chi connectivity index (χ1) is 3.60. The van der Waals surface area contributed by atoms with Gasteiger partial charge in [0.05, 0.1) is 0 Å². The zero-order valence-corrected chi connectivity index (χ0v) is 8.11. The summed E-state index contributed by atoms with van der Waals surface area (Å²) in [5, 5.41) is 0. The van der Waals surface area contributed by atoms with Gasteiger partial charge in [-0.2, -0.15) is 0 Å². The Morgan fingerprint density at radius 3 is 2.22 bits per heavy atom. The largest absolute Gasteiger partial charge is 0.656 e. The van der Waals surface area contributed by atoms with Gasteiger partial charge in [0.15, 0.2) is 0 Å². The van der Waals surface area contributed by atoms with Crippen LogP contribution in [0.15, 0.2) is 6.01 Å². The number of hydrogen-bond acceptors (Lipinski definition) is 2. The third-order valence-electron chi connectivity index (χ3n) is 0.712. The zero-order chi connectivity index (χ0) is 6.20. The first-order valence-electron chi connectivity index (χ1n) is 2.26. The monoisotopic (exact) mass is 206 g/mol. The predicted octanol–water partition coefficient (Wildman–Crippen LogP) is 1.34. The quantitative estimate of drug-likeness (QED) is 0.556. The molecule has 1 aliphatic rings. The molecule has 0 aromatic rings. The molecule has 49 valence electrons. The molecular formula is C5H6FO2Y-. The molecule has 0 amide bonds. The molecule has 4 heteroatoms. The summed E-state index contributed by atoms with van der Waals surface area (Å²) in [5.41, 5.74) is 0. The van der Waals surface area contributed by atoms with Crippen molar-refractivity contribution in [2.45, 2.75) is 19.6 Å². The van der Waals surface area contributed by atoms with E-state index in [1.54, 1.807) is 13.8 Å². The summed E-state index contributed by atoms with van der Waals surface area (Å²) in [6, 6.07) is -0.782. The number of ether oxygens (including phenoxy) is 2. The van der Waals surface area contributed by atoms with E-state index < -0.39 is 11.8 Å². The third kappa shape index (κ3) is 2.63. The molecule has 1 rings (SSSR count). The minimum Gasteiger partial charge on any atom is -0.656 e. The van der Waals surface area contributed by atoms with Crippen molar-refractivity contribution in [1.29, 1.82) is 0 Å². The summed E-state index contributed by atoms with van der Waals surface area (Å²) in [4.78, 5) is 0. The van der Waals surface area contributed by atoms with Gasteiger partial charge in [0, 0.05) is 46.6 Å². The maximum atomic E-state index is 11.9. The van der Waals surface area contributed by atoms with E-state index in [0.717, 1.165) is 0 Å². The van der Waals surface area contributed by atoms with E-state index in [2.05, 4.69) is 9.47 Å². The Balaban J connectivity index is 0.000000640. The van der Waals surface area contributed by atoms with Crippen molar-refractivity contribution in [3.63, 3.8) is 0 Å². The van der Waals surface area contributed by atoms with Gasteiger partial charge in [-0.1, -0.05) is 0 Å². The molecule has 0 aromatic heterocycles. The summed E-state index contributed by atoms with van der Waals surface area (Å²) in [7, 11) is 0. The molecule has 1 aliphatic heterocycles. The molecular weight excluding hydrogens is 200 g/mol. The van der Waals surface area contributed by atoms with Crippen molar-refractivity contribution in [2.75, 3.05) is 0 Å². The van der Waals surface area contributed by atoms with E-state index in [-0.39, 0.29) is 32.7 Å². The Morgan fingerprint density at radius 1 is 1.56 bits per heavy atom. The summed E-state index contributed by atoms with van der Waals surface area (Å²) < 4.78 is 20.9. The van der Waals surface area contributed by atoms with Gasteiger partial charge in [-0.15, -0.1) is 0 Å². The third-order valence-corrected chi connectivity index (χ3v) is 0.712. The molecule has 0 aliphatic carbocycles. The van der Waals surface area contributed by atoms with Crippen LogP contribution < -0.4 is 0 Å². The second kappa shape index (κ2) is 2.97. The van der Waals surface area contributed by atoms with Gasteiger partial charge in [-0.3, -0.25) is 0 Å². The molecule has 9 heavy (non-hydrogen) atoms. The predicted molar refractivity (Wildman–Crippen MR) is 24.1 cm³/mol. The molecule has 2 nitrogen and oxygen atoms in total. The number of halogens is 1. The second-order valence-corrected chi connectivity index (χ2v) is 1.98. The number of hydrogen-bond donors (Lipinski definition) is 0. The summed E-state index contributed by atoms with van der Waals surface area (Å²) in [6.07, 6.45) is 1.94. The molecule has 0 aromatic carbocycles. The molecule has 1 radical (unpaired) electrons. The SMILES string of the molecule is CC1(C)O[C-]=C(F)O1.[Y]. The maximum absolute atomic E-state index is 11.9. The van der Waals surface area contributed by atoms with Crippen LogP contribution in [0.5, 0.6) is 0 Å². The van der Waals surface area contributed by atoms with Gasteiger partial charge in [-0.05, 0) is 0 Å². The van der Waals surface area contributed by atoms with Gasteiger partial charge < -0.3 is 9.47 Å². The summed E-state index contributed by atoms with van der Waals surface area (Å²) in [6.45, 7) is 3.21. The average Bonchev–Trinajstić information content (AvgIpc) is 1.82. The summed E-state index contributed by atoms with van der Waals surface area (Å²) >= 11 is 0. The number of rotatable bonds is 0. The van der Waals surface area contributed by atoms with E-state index in [4.69, 9.17) is 0 Å². The van der Waals surface area contributed by atoms with E-state index in [9.17, 15) is 4.39 Å². The van der Waals surface area contributed by atoms with Crippen molar-refractivity contribution in [1.82, 2.24) is 0 Å². The van der Waals surface area contributed by atoms with Gasteiger partial charge in [-0.25, -0.2) is 10.7 Å². The molecule has 0 bridgehead atoms. The van der Waals surface area contributed by atoms with Gasteiger partial charge in [0.2, 0.25) is 5.79 Å². The smallest absolute Gasteiger partial charge is 0.211 e. The fourth-order valence-electron chi connectivity index (χ4n) is 0.420. The molecule has 0 N–H and O–H groups in total. The van der Waals surface area contributed by atoms with Crippen molar-refractivity contribution in [3.8, 4) is 0 Å². The zero-order valence-electron chi connectivity index (χ0n) is 5.27. The van der Waals surface area contributed by atoms with Gasteiger partial charge in [0.25, 0.3) is 0 Å². The Morgan fingerprint density at radius 2 is 2.11 bits per heavy atom. The van der Waals surface area contributed by atoms with Crippen LogP contribution in [0, 0.1) is 6.26 Å². The Hall–Kier alpha value is 0.374. The first kappa shape index (κ1) is 9.37. The van der Waals surface area contributed by atoms with Crippen LogP contribution in [0.1, 0.15) is 13.8 Å². The molecule has 0 fully saturated rings. The minimum absolute atomic E-state index is 0. The Kier molecular flexibility index (Phi) is 3.10. The minimum atomic E-state index is -0.857.